The molecule has 3 aromatic rings. The fourth-order valence-corrected chi connectivity index (χ4v) is 2.85. The number of rotatable bonds is 8. The lowest BCUT2D eigenvalue weighted by molar-refractivity contribution is -0.113. The van der Waals surface area contributed by atoms with Crippen LogP contribution in [0.25, 0.3) is 6.08 Å². The number of nitrogens with zero attached hydrogens (tertiary/aromatic N) is 2. The van der Waals surface area contributed by atoms with Crippen molar-refractivity contribution >= 4 is 17.7 Å². The predicted octanol–water partition coefficient (Wildman–Crippen LogP) is 5.07. The van der Waals surface area contributed by atoms with Crippen LogP contribution >= 0.6 is 0 Å². The third-order valence-corrected chi connectivity index (χ3v) is 4.43. The van der Waals surface area contributed by atoms with Crippen LogP contribution in [0.2, 0.25) is 0 Å². The van der Waals surface area contributed by atoms with E-state index in [4.69, 9.17) is 19.5 Å². The minimum Gasteiger partial charge on any atom is -0.493 e. The second-order valence-electron chi connectivity index (χ2n) is 6.47. The predicted molar refractivity (Wildman–Crippen MR) is 120 cm³/mol. The largest absolute Gasteiger partial charge is 0.493 e. The number of likely N-dealkylation sites (N-methyl/N-ethyl adjacent to an activating group) is 1. The lowest BCUT2D eigenvalue weighted by atomic mass is 10.2. The molecule has 1 amide bonds. The van der Waals surface area contributed by atoms with Crippen LogP contribution in [0.1, 0.15) is 5.56 Å². The molecule has 0 saturated carbocycles. The third-order valence-electron chi connectivity index (χ3n) is 4.43. The number of nitriles is 1. The number of carbonyl (C=O) groups excluding carboxylic acids is 1. The molecule has 3 aromatic carbocycles. The van der Waals surface area contributed by atoms with Gasteiger partial charge < -0.3 is 19.1 Å². The van der Waals surface area contributed by atoms with Crippen molar-refractivity contribution in [1.82, 2.24) is 0 Å². The second-order valence-corrected chi connectivity index (χ2v) is 6.47. The molecule has 0 N–H and O–H groups in total. The third kappa shape index (κ3) is 5.64. The highest BCUT2D eigenvalue weighted by Gasteiger charge is 2.14. The van der Waals surface area contributed by atoms with Crippen molar-refractivity contribution in [2.75, 3.05) is 25.7 Å². The van der Waals surface area contributed by atoms with Gasteiger partial charge in [-0.1, -0.05) is 36.4 Å². The molecule has 0 aliphatic heterocycles. The minimum absolute atomic E-state index is 0.0702. The van der Waals surface area contributed by atoms with Crippen molar-refractivity contribution in [2.24, 2.45) is 0 Å². The first kappa shape index (κ1) is 21.5. The van der Waals surface area contributed by atoms with E-state index in [2.05, 4.69) is 0 Å². The second kappa shape index (κ2) is 10.5. The number of carbonyl (C=O) groups is 1. The van der Waals surface area contributed by atoms with E-state index in [9.17, 15) is 4.79 Å². The van der Waals surface area contributed by atoms with Gasteiger partial charge in [-0.3, -0.25) is 4.79 Å². The van der Waals surface area contributed by atoms with Gasteiger partial charge in [0.2, 0.25) is 0 Å². The number of ether oxygens (including phenoxy) is 3. The standard InChI is InChI=1S/C25H22N2O4/c1-27(21-10-6-7-11-22(21)31-20-8-4-3-5-9-20)25(28)15-13-19-12-14-23(30-17-16-26)24(18-19)29-2/h3-15,18H,17H2,1-2H3. The molecule has 0 spiro atoms. The zero-order valence-corrected chi connectivity index (χ0v) is 17.3. The van der Waals surface area contributed by atoms with Gasteiger partial charge >= 0.3 is 0 Å². The van der Waals surface area contributed by atoms with Crippen molar-refractivity contribution in [3.8, 4) is 29.1 Å². The molecule has 6 heteroatoms. The van der Waals surface area contributed by atoms with Crippen molar-refractivity contribution in [3.05, 3.63) is 84.4 Å². The molecule has 31 heavy (non-hydrogen) atoms. The first-order chi connectivity index (χ1) is 15.1. The van der Waals surface area contributed by atoms with Crippen LogP contribution in [0.3, 0.4) is 0 Å². The number of hydrogen-bond acceptors (Lipinski definition) is 5. The van der Waals surface area contributed by atoms with Gasteiger partial charge in [0.05, 0.1) is 12.8 Å². The van der Waals surface area contributed by atoms with Gasteiger partial charge in [-0.25, -0.2) is 0 Å². The van der Waals surface area contributed by atoms with Gasteiger partial charge in [0.1, 0.15) is 11.8 Å². The van der Waals surface area contributed by atoms with Crippen LogP contribution in [0.4, 0.5) is 5.69 Å². The van der Waals surface area contributed by atoms with E-state index >= 15 is 0 Å². The van der Waals surface area contributed by atoms with Crippen LogP contribution in [0, 0.1) is 11.3 Å². The van der Waals surface area contributed by atoms with E-state index in [0.717, 1.165) is 5.56 Å². The van der Waals surface area contributed by atoms with E-state index in [1.807, 2.05) is 60.7 Å². The van der Waals surface area contributed by atoms with Crippen molar-refractivity contribution < 1.29 is 19.0 Å². The van der Waals surface area contributed by atoms with Gasteiger partial charge in [-0.15, -0.1) is 0 Å². The Labute approximate surface area is 181 Å². The molecule has 0 unspecified atom stereocenters. The Balaban J connectivity index is 1.75. The zero-order valence-electron chi connectivity index (χ0n) is 17.3. The van der Waals surface area contributed by atoms with Crippen LogP contribution < -0.4 is 19.1 Å². The Bertz CT molecular complexity index is 1100. The summed E-state index contributed by atoms with van der Waals surface area (Å²) >= 11 is 0. The summed E-state index contributed by atoms with van der Waals surface area (Å²) in [5.41, 5.74) is 1.41. The summed E-state index contributed by atoms with van der Waals surface area (Å²) < 4.78 is 16.6. The molecular formula is C25H22N2O4. The molecule has 156 valence electrons. The topological polar surface area (TPSA) is 71.8 Å². The zero-order chi connectivity index (χ0) is 22.1. The molecule has 0 bridgehead atoms. The highest BCUT2D eigenvalue weighted by molar-refractivity contribution is 6.04. The van der Waals surface area contributed by atoms with Crippen molar-refractivity contribution in [1.29, 1.82) is 5.26 Å². The Morgan fingerprint density at radius 1 is 1.00 bits per heavy atom. The van der Waals surface area contributed by atoms with Gasteiger partial charge in [-0.05, 0) is 48.0 Å². The fraction of sp³-hybridized carbons (Fsp3) is 0.120. The quantitative estimate of drug-likeness (QED) is 0.482. The van der Waals surface area contributed by atoms with Gasteiger partial charge in [0.25, 0.3) is 5.91 Å². The molecular weight excluding hydrogens is 392 g/mol. The Morgan fingerprint density at radius 2 is 1.74 bits per heavy atom. The molecule has 0 atom stereocenters. The van der Waals surface area contributed by atoms with Crippen LogP contribution in [0.5, 0.6) is 23.0 Å². The molecule has 0 saturated heterocycles. The average molecular weight is 414 g/mol. The van der Waals surface area contributed by atoms with E-state index < -0.39 is 0 Å². The Kier molecular flexibility index (Phi) is 7.28. The molecule has 3 rings (SSSR count). The molecule has 6 nitrogen and oxygen atoms in total. The van der Waals surface area contributed by atoms with E-state index in [1.165, 1.54) is 18.1 Å². The summed E-state index contributed by atoms with van der Waals surface area (Å²) in [4.78, 5) is 14.3. The van der Waals surface area contributed by atoms with E-state index in [0.29, 0.717) is 28.7 Å². The molecule has 0 aromatic heterocycles. The molecule has 0 fully saturated rings. The van der Waals surface area contributed by atoms with Crippen LogP contribution in [-0.2, 0) is 4.79 Å². The maximum Gasteiger partial charge on any atom is 0.250 e. The maximum atomic E-state index is 12.8. The SMILES string of the molecule is COc1cc(C=CC(=O)N(C)c2ccccc2Oc2ccccc2)ccc1OCC#N. The summed E-state index contributed by atoms with van der Waals surface area (Å²) in [5.74, 6) is 2.01. The molecule has 0 heterocycles. The number of amides is 1. The number of anilines is 1. The normalized spacial score (nSPS) is 10.4. The van der Waals surface area contributed by atoms with Crippen LogP contribution in [-0.4, -0.2) is 26.7 Å². The lowest BCUT2D eigenvalue weighted by Gasteiger charge is -2.19. The van der Waals surface area contributed by atoms with Crippen molar-refractivity contribution in [3.63, 3.8) is 0 Å². The van der Waals surface area contributed by atoms with Crippen molar-refractivity contribution in [2.45, 2.75) is 0 Å². The first-order valence-corrected chi connectivity index (χ1v) is 9.58. The lowest BCUT2D eigenvalue weighted by Crippen LogP contribution is -2.24. The van der Waals surface area contributed by atoms with Gasteiger partial charge in [-0.2, -0.15) is 5.26 Å². The minimum atomic E-state index is -0.215. The summed E-state index contributed by atoms with van der Waals surface area (Å²) in [5, 5.41) is 8.66. The van der Waals surface area contributed by atoms with Gasteiger partial charge in [0, 0.05) is 13.1 Å². The summed E-state index contributed by atoms with van der Waals surface area (Å²) in [6.45, 7) is -0.0702. The van der Waals surface area contributed by atoms with Gasteiger partial charge in [0.15, 0.2) is 23.9 Å². The fourth-order valence-electron chi connectivity index (χ4n) is 2.85. The summed E-state index contributed by atoms with van der Waals surface area (Å²) in [7, 11) is 3.21. The average Bonchev–Trinajstić information content (AvgIpc) is 2.82. The monoisotopic (exact) mass is 414 g/mol. The molecule has 0 radical (unpaired) electrons. The molecule has 0 aliphatic rings. The highest BCUT2D eigenvalue weighted by atomic mass is 16.5. The number of benzene rings is 3. The smallest absolute Gasteiger partial charge is 0.250 e. The van der Waals surface area contributed by atoms with E-state index in [-0.39, 0.29) is 12.5 Å². The Hall–Kier alpha value is -4.24. The number of hydrogen-bond donors (Lipinski definition) is 0. The van der Waals surface area contributed by atoms with Crippen LogP contribution in [0.15, 0.2) is 78.9 Å². The summed E-state index contributed by atoms with van der Waals surface area (Å²) in [6, 6.07) is 23.9. The number of methoxy groups -OCH3 is 1. The van der Waals surface area contributed by atoms with E-state index in [1.54, 1.807) is 31.3 Å². The first-order valence-electron chi connectivity index (χ1n) is 9.58. The summed E-state index contributed by atoms with van der Waals surface area (Å²) in [6.07, 6.45) is 3.17. The maximum absolute atomic E-state index is 12.8. The Morgan fingerprint density at radius 3 is 2.48 bits per heavy atom. The molecule has 0 aliphatic carbocycles. The number of para-hydroxylation sites is 3. The highest BCUT2D eigenvalue weighted by Crippen LogP contribution is 2.32.